The average molecular weight is 138 g/mol. The number of carbonyl (C=O) groups excluding carboxylic acids is 1. The maximum Gasteiger partial charge on any atom is 0.155 e. The summed E-state index contributed by atoms with van der Waals surface area (Å²) >= 11 is 0. The fourth-order valence-corrected chi connectivity index (χ4v) is 0.577. The molecule has 0 heterocycles. The first-order valence-electron chi connectivity index (χ1n) is 3.61. The summed E-state index contributed by atoms with van der Waals surface area (Å²) in [5.41, 5.74) is 0. The molecule has 0 aliphatic rings. The third kappa shape index (κ3) is 5.29. The van der Waals surface area contributed by atoms with Gasteiger partial charge in [-0.1, -0.05) is 19.1 Å². The summed E-state index contributed by atoms with van der Waals surface area (Å²) in [5.74, 6) is 0.196. The van der Waals surface area contributed by atoms with Crippen molar-refractivity contribution in [3.63, 3.8) is 0 Å². The van der Waals surface area contributed by atoms with E-state index in [1.807, 2.05) is 13.0 Å². The van der Waals surface area contributed by atoms with E-state index in [-0.39, 0.29) is 5.78 Å². The van der Waals surface area contributed by atoms with Gasteiger partial charge in [-0.2, -0.15) is 0 Å². The molecule has 0 amide bonds. The number of allylic oxidation sites excluding steroid dienone is 3. The van der Waals surface area contributed by atoms with Gasteiger partial charge in [0.05, 0.1) is 0 Å². The van der Waals surface area contributed by atoms with Crippen molar-refractivity contribution in [2.24, 2.45) is 0 Å². The van der Waals surface area contributed by atoms with Crippen LogP contribution in [0.3, 0.4) is 0 Å². The Labute approximate surface area is 62.4 Å². The molecule has 0 aliphatic heterocycles. The van der Waals surface area contributed by atoms with Crippen LogP contribution in [-0.4, -0.2) is 5.78 Å². The van der Waals surface area contributed by atoms with E-state index in [9.17, 15) is 4.79 Å². The van der Waals surface area contributed by atoms with Crippen molar-refractivity contribution in [1.29, 1.82) is 0 Å². The highest BCUT2D eigenvalue weighted by Crippen LogP contribution is 1.93. The van der Waals surface area contributed by atoms with Crippen LogP contribution in [0.5, 0.6) is 0 Å². The molecule has 0 unspecified atom stereocenters. The third-order valence-electron chi connectivity index (χ3n) is 1.13. The molecule has 0 saturated heterocycles. The minimum atomic E-state index is 0.196. The van der Waals surface area contributed by atoms with E-state index in [4.69, 9.17) is 0 Å². The molecule has 0 bridgehead atoms. The van der Waals surface area contributed by atoms with Crippen molar-refractivity contribution in [1.82, 2.24) is 0 Å². The minimum Gasteiger partial charge on any atom is -0.295 e. The highest BCUT2D eigenvalue weighted by molar-refractivity contribution is 5.89. The maximum absolute atomic E-state index is 10.8. The van der Waals surface area contributed by atoms with Crippen LogP contribution in [0, 0.1) is 0 Å². The lowest BCUT2D eigenvalue weighted by Crippen LogP contribution is -1.89. The van der Waals surface area contributed by atoms with E-state index >= 15 is 0 Å². The first-order valence-corrected chi connectivity index (χ1v) is 3.61. The number of ketones is 1. The molecule has 0 saturated carbocycles. The van der Waals surface area contributed by atoms with E-state index < -0.39 is 0 Å². The van der Waals surface area contributed by atoms with Crippen molar-refractivity contribution in [2.75, 3.05) is 0 Å². The fraction of sp³-hybridized carbons (Fsp3) is 0.444. The Morgan fingerprint density at radius 2 is 2.30 bits per heavy atom. The van der Waals surface area contributed by atoms with Gasteiger partial charge in [0.2, 0.25) is 0 Å². The second kappa shape index (κ2) is 6.27. The molecular formula is C9H14O. The van der Waals surface area contributed by atoms with Crippen LogP contribution in [0.25, 0.3) is 0 Å². The number of hydrogen-bond donors (Lipinski definition) is 0. The molecule has 0 atom stereocenters. The Morgan fingerprint density at radius 3 is 2.80 bits per heavy atom. The third-order valence-corrected chi connectivity index (χ3v) is 1.13. The number of hydrogen-bond acceptors (Lipinski definition) is 1. The quantitative estimate of drug-likeness (QED) is 0.421. The Morgan fingerprint density at radius 1 is 1.60 bits per heavy atom. The summed E-state index contributed by atoms with van der Waals surface area (Å²) in [6, 6.07) is 0. The molecule has 0 N–H and O–H groups in total. The Bertz CT molecular complexity index is 134. The molecule has 1 nitrogen and oxygen atoms in total. The molecule has 0 aromatic carbocycles. The highest BCUT2D eigenvalue weighted by atomic mass is 16.1. The van der Waals surface area contributed by atoms with Gasteiger partial charge in [0.1, 0.15) is 0 Å². The van der Waals surface area contributed by atoms with E-state index in [0.29, 0.717) is 6.42 Å². The van der Waals surface area contributed by atoms with Gasteiger partial charge in [0.15, 0.2) is 5.78 Å². The van der Waals surface area contributed by atoms with Gasteiger partial charge >= 0.3 is 0 Å². The Balaban J connectivity index is 3.43. The van der Waals surface area contributed by atoms with Gasteiger partial charge in [-0.3, -0.25) is 4.79 Å². The predicted octanol–water partition coefficient (Wildman–Crippen LogP) is 2.49. The average Bonchev–Trinajstić information content (AvgIpc) is 1.97. The van der Waals surface area contributed by atoms with E-state index in [0.717, 1.165) is 12.8 Å². The maximum atomic E-state index is 10.8. The summed E-state index contributed by atoms with van der Waals surface area (Å²) in [4.78, 5) is 10.8. The van der Waals surface area contributed by atoms with E-state index in [1.54, 1.807) is 12.2 Å². The largest absolute Gasteiger partial charge is 0.295 e. The lowest BCUT2D eigenvalue weighted by Gasteiger charge is -1.87. The summed E-state index contributed by atoms with van der Waals surface area (Å²) in [7, 11) is 0. The van der Waals surface area contributed by atoms with Crippen molar-refractivity contribution in [3.05, 3.63) is 24.8 Å². The van der Waals surface area contributed by atoms with Gasteiger partial charge in [-0.05, 0) is 18.9 Å². The summed E-state index contributed by atoms with van der Waals surface area (Å²) in [6.07, 6.45) is 7.60. The Hall–Kier alpha value is -0.850. The van der Waals surface area contributed by atoms with Crippen LogP contribution in [0.2, 0.25) is 0 Å². The van der Waals surface area contributed by atoms with Crippen LogP contribution in [0.4, 0.5) is 0 Å². The monoisotopic (exact) mass is 138 g/mol. The van der Waals surface area contributed by atoms with Crippen molar-refractivity contribution < 1.29 is 4.79 Å². The first kappa shape index (κ1) is 9.15. The molecule has 0 rings (SSSR count). The van der Waals surface area contributed by atoms with Gasteiger partial charge in [-0.15, -0.1) is 6.58 Å². The first-order chi connectivity index (χ1) is 4.81. The van der Waals surface area contributed by atoms with Crippen LogP contribution < -0.4 is 0 Å². The van der Waals surface area contributed by atoms with E-state index in [2.05, 4.69) is 6.58 Å². The summed E-state index contributed by atoms with van der Waals surface area (Å²) in [6.45, 7) is 5.55. The number of carbonyl (C=O) groups is 1. The predicted molar refractivity (Wildman–Crippen MR) is 43.9 cm³/mol. The molecule has 10 heavy (non-hydrogen) atoms. The van der Waals surface area contributed by atoms with Crippen molar-refractivity contribution in [2.45, 2.75) is 26.2 Å². The topological polar surface area (TPSA) is 17.1 Å². The lowest BCUT2D eigenvalue weighted by atomic mass is 10.2. The van der Waals surface area contributed by atoms with Crippen molar-refractivity contribution >= 4 is 5.78 Å². The minimum absolute atomic E-state index is 0.196. The summed E-state index contributed by atoms with van der Waals surface area (Å²) < 4.78 is 0. The summed E-state index contributed by atoms with van der Waals surface area (Å²) in [5, 5.41) is 0. The molecule has 1 heteroatoms. The van der Waals surface area contributed by atoms with Gasteiger partial charge in [0, 0.05) is 6.42 Å². The zero-order chi connectivity index (χ0) is 7.82. The van der Waals surface area contributed by atoms with Crippen LogP contribution in [0.15, 0.2) is 24.8 Å². The molecule has 0 radical (unpaired) electrons. The normalized spacial score (nSPS) is 10.1. The standard InChI is InChI=1S/C9H14O/c1-3-5-7-9(10)8-6-4-2/h3,6,8H,1,4-5,7H2,2H3/b8-6+. The van der Waals surface area contributed by atoms with Crippen LogP contribution in [0.1, 0.15) is 26.2 Å². The van der Waals surface area contributed by atoms with Gasteiger partial charge in [-0.25, -0.2) is 0 Å². The molecular weight excluding hydrogens is 124 g/mol. The SMILES string of the molecule is C=CCCC(=O)/C=C/CC. The molecule has 0 spiro atoms. The molecule has 0 aromatic rings. The van der Waals surface area contributed by atoms with E-state index in [1.165, 1.54) is 0 Å². The molecule has 0 aliphatic carbocycles. The molecule has 0 fully saturated rings. The van der Waals surface area contributed by atoms with Crippen LogP contribution in [-0.2, 0) is 4.79 Å². The lowest BCUT2D eigenvalue weighted by molar-refractivity contribution is -0.114. The second-order valence-electron chi connectivity index (χ2n) is 2.10. The molecule has 56 valence electrons. The zero-order valence-corrected chi connectivity index (χ0v) is 6.47. The zero-order valence-electron chi connectivity index (χ0n) is 6.47. The Kier molecular flexibility index (Phi) is 5.74. The van der Waals surface area contributed by atoms with Crippen LogP contribution >= 0.6 is 0 Å². The van der Waals surface area contributed by atoms with Gasteiger partial charge < -0.3 is 0 Å². The van der Waals surface area contributed by atoms with Gasteiger partial charge in [0.25, 0.3) is 0 Å². The second-order valence-corrected chi connectivity index (χ2v) is 2.10. The fourth-order valence-electron chi connectivity index (χ4n) is 0.577. The molecule has 0 aromatic heterocycles. The van der Waals surface area contributed by atoms with Crippen molar-refractivity contribution in [3.8, 4) is 0 Å². The smallest absolute Gasteiger partial charge is 0.155 e. The highest BCUT2D eigenvalue weighted by Gasteiger charge is 1.91. The number of rotatable bonds is 5.